The van der Waals surface area contributed by atoms with Crippen molar-refractivity contribution in [1.29, 1.82) is 0 Å². The van der Waals surface area contributed by atoms with Gasteiger partial charge < -0.3 is 5.32 Å². The molecule has 1 saturated heterocycles. The van der Waals surface area contributed by atoms with Crippen LogP contribution in [-0.4, -0.2) is 26.9 Å². The molecule has 0 spiro atoms. The van der Waals surface area contributed by atoms with E-state index in [1.807, 2.05) is 0 Å². The molecule has 1 atom stereocenters. The molecular weight excluding hydrogens is 288 g/mol. The minimum absolute atomic E-state index is 0.0341. The maximum atomic E-state index is 12.1. The molecule has 0 radical (unpaired) electrons. The van der Waals surface area contributed by atoms with Crippen molar-refractivity contribution in [2.45, 2.75) is 30.2 Å². The van der Waals surface area contributed by atoms with Crippen LogP contribution in [0.1, 0.15) is 19.3 Å². The van der Waals surface area contributed by atoms with Crippen molar-refractivity contribution in [3.8, 4) is 0 Å². The Balaban J connectivity index is 2.08. The van der Waals surface area contributed by atoms with E-state index < -0.39 is 10.0 Å². The molecule has 7 heteroatoms. The molecule has 19 heavy (non-hydrogen) atoms. The first-order valence-corrected chi connectivity index (χ1v) is 7.88. The molecule has 0 aliphatic carbocycles. The van der Waals surface area contributed by atoms with Crippen LogP contribution < -0.4 is 10.0 Å². The molecule has 2 N–H and O–H groups in total. The molecule has 0 aromatic heterocycles. The fraction of sp³-hybridized carbons (Fsp3) is 0.417. The van der Waals surface area contributed by atoms with Crippen LogP contribution in [0.2, 0.25) is 5.02 Å². The minimum atomic E-state index is -3.56. The van der Waals surface area contributed by atoms with E-state index in [2.05, 4.69) is 10.0 Å². The number of hydrogen-bond donors (Lipinski definition) is 2. The SMILES string of the molecule is O=C1CCC(NS(=O)(=O)c2ccc(Cl)cc2)CCN1. The average molecular weight is 303 g/mol. The van der Waals surface area contributed by atoms with E-state index in [1.54, 1.807) is 0 Å². The largest absolute Gasteiger partial charge is 0.356 e. The summed E-state index contributed by atoms with van der Waals surface area (Å²) < 4.78 is 26.9. The van der Waals surface area contributed by atoms with Crippen LogP contribution in [0, 0.1) is 0 Å². The van der Waals surface area contributed by atoms with Gasteiger partial charge in [0.05, 0.1) is 4.90 Å². The summed E-state index contributed by atoms with van der Waals surface area (Å²) in [5, 5.41) is 3.21. The first-order chi connectivity index (χ1) is 8.97. The van der Waals surface area contributed by atoms with Crippen molar-refractivity contribution < 1.29 is 13.2 Å². The van der Waals surface area contributed by atoms with Crippen LogP contribution in [0.15, 0.2) is 29.2 Å². The number of carbonyl (C=O) groups excluding carboxylic acids is 1. The molecule has 0 saturated carbocycles. The van der Waals surface area contributed by atoms with Gasteiger partial charge in [-0.1, -0.05) is 11.6 Å². The molecule has 104 valence electrons. The molecule has 1 aromatic rings. The van der Waals surface area contributed by atoms with Gasteiger partial charge in [-0.2, -0.15) is 0 Å². The zero-order valence-electron chi connectivity index (χ0n) is 10.2. The quantitative estimate of drug-likeness (QED) is 0.883. The highest BCUT2D eigenvalue weighted by Gasteiger charge is 2.22. The van der Waals surface area contributed by atoms with Gasteiger partial charge in [-0.15, -0.1) is 0 Å². The second kappa shape index (κ2) is 5.90. The lowest BCUT2D eigenvalue weighted by atomic mass is 10.1. The topological polar surface area (TPSA) is 75.3 Å². The molecule has 2 rings (SSSR count). The standard InChI is InChI=1S/C12H15ClN2O3S/c13-9-1-4-11(5-2-9)19(17,18)15-10-3-6-12(16)14-8-7-10/h1-2,4-5,10,15H,3,6-8H2,(H,14,16). The third kappa shape index (κ3) is 3.92. The first-order valence-electron chi connectivity index (χ1n) is 6.02. The number of benzene rings is 1. The number of amides is 1. The predicted molar refractivity (Wildman–Crippen MR) is 72.4 cm³/mol. The molecule has 1 amide bonds. The molecule has 1 aliphatic heterocycles. The zero-order valence-corrected chi connectivity index (χ0v) is 11.8. The van der Waals surface area contributed by atoms with E-state index in [4.69, 9.17) is 11.6 Å². The van der Waals surface area contributed by atoms with E-state index in [1.165, 1.54) is 24.3 Å². The summed E-state index contributed by atoms with van der Waals surface area (Å²) in [7, 11) is -3.56. The Morgan fingerprint density at radius 1 is 1.21 bits per heavy atom. The molecule has 1 aromatic carbocycles. The van der Waals surface area contributed by atoms with E-state index in [0.717, 1.165) is 0 Å². The van der Waals surface area contributed by atoms with Crippen molar-refractivity contribution >= 4 is 27.5 Å². The summed E-state index contributed by atoms with van der Waals surface area (Å²) in [6.45, 7) is 0.493. The van der Waals surface area contributed by atoms with E-state index in [-0.39, 0.29) is 16.8 Å². The average Bonchev–Trinajstić information content (AvgIpc) is 2.54. The monoisotopic (exact) mass is 302 g/mol. The van der Waals surface area contributed by atoms with Crippen LogP contribution in [-0.2, 0) is 14.8 Å². The number of nitrogens with one attached hydrogen (secondary N) is 2. The Hall–Kier alpha value is -1.11. The van der Waals surface area contributed by atoms with Crippen molar-refractivity contribution in [3.05, 3.63) is 29.3 Å². The molecular formula is C12H15ClN2O3S. The Bertz CT molecular complexity index is 557. The fourth-order valence-electron chi connectivity index (χ4n) is 1.94. The van der Waals surface area contributed by atoms with Crippen LogP contribution >= 0.6 is 11.6 Å². The smallest absolute Gasteiger partial charge is 0.240 e. The summed E-state index contributed by atoms with van der Waals surface area (Å²) >= 11 is 5.73. The lowest BCUT2D eigenvalue weighted by molar-refractivity contribution is -0.120. The summed E-state index contributed by atoms with van der Waals surface area (Å²) in [4.78, 5) is 11.4. The lowest BCUT2D eigenvalue weighted by Gasteiger charge is -2.15. The number of rotatable bonds is 3. The third-order valence-electron chi connectivity index (χ3n) is 2.98. The van der Waals surface area contributed by atoms with E-state index in [9.17, 15) is 13.2 Å². The van der Waals surface area contributed by atoms with Gasteiger partial charge in [0.1, 0.15) is 0 Å². The van der Waals surface area contributed by atoms with Gasteiger partial charge in [-0.05, 0) is 37.1 Å². The second-order valence-corrected chi connectivity index (χ2v) is 6.60. The Labute approximate surface area is 117 Å². The van der Waals surface area contributed by atoms with Gasteiger partial charge in [0.25, 0.3) is 0 Å². The molecule has 1 fully saturated rings. The summed E-state index contributed by atoms with van der Waals surface area (Å²) in [5.41, 5.74) is 0. The molecule has 5 nitrogen and oxygen atoms in total. The summed E-state index contributed by atoms with van der Waals surface area (Å²) in [6, 6.07) is 5.78. The number of halogens is 1. The van der Waals surface area contributed by atoms with Crippen molar-refractivity contribution in [1.82, 2.24) is 10.0 Å². The maximum Gasteiger partial charge on any atom is 0.240 e. The van der Waals surface area contributed by atoms with Crippen molar-refractivity contribution in [2.75, 3.05) is 6.54 Å². The highest BCUT2D eigenvalue weighted by atomic mass is 35.5. The Morgan fingerprint density at radius 2 is 1.89 bits per heavy atom. The second-order valence-electron chi connectivity index (χ2n) is 4.45. The number of hydrogen-bond acceptors (Lipinski definition) is 3. The normalized spacial score (nSPS) is 20.7. The first kappa shape index (κ1) is 14.3. The van der Waals surface area contributed by atoms with Crippen molar-refractivity contribution in [3.63, 3.8) is 0 Å². The van der Waals surface area contributed by atoms with E-state index >= 15 is 0 Å². The summed E-state index contributed by atoms with van der Waals surface area (Å²) in [5.74, 6) is -0.0341. The fourth-order valence-corrected chi connectivity index (χ4v) is 3.37. The predicted octanol–water partition coefficient (Wildman–Crippen LogP) is 1.29. The van der Waals surface area contributed by atoms with Crippen LogP contribution in [0.3, 0.4) is 0 Å². The van der Waals surface area contributed by atoms with Crippen molar-refractivity contribution in [2.24, 2.45) is 0 Å². The molecule has 1 heterocycles. The van der Waals surface area contributed by atoms with Crippen LogP contribution in [0.4, 0.5) is 0 Å². The zero-order chi connectivity index (χ0) is 13.9. The Kier molecular flexibility index (Phi) is 4.44. The van der Waals surface area contributed by atoms with Gasteiger partial charge in [0.15, 0.2) is 0 Å². The van der Waals surface area contributed by atoms with Gasteiger partial charge in [-0.25, -0.2) is 13.1 Å². The maximum absolute atomic E-state index is 12.1. The lowest BCUT2D eigenvalue weighted by Crippen LogP contribution is -2.35. The van der Waals surface area contributed by atoms with Gasteiger partial charge >= 0.3 is 0 Å². The Morgan fingerprint density at radius 3 is 2.58 bits per heavy atom. The summed E-state index contributed by atoms with van der Waals surface area (Å²) in [6.07, 6.45) is 1.45. The van der Waals surface area contributed by atoms with Crippen LogP contribution in [0.25, 0.3) is 0 Å². The highest BCUT2D eigenvalue weighted by molar-refractivity contribution is 7.89. The van der Waals surface area contributed by atoms with Gasteiger partial charge in [-0.3, -0.25) is 4.79 Å². The van der Waals surface area contributed by atoms with Gasteiger partial charge in [0.2, 0.25) is 15.9 Å². The highest BCUT2D eigenvalue weighted by Crippen LogP contribution is 2.16. The van der Waals surface area contributed by atoms with E-state index in [0.29, 0.717) is 30.8 Å². The molecule has 1 unspecified atom stereocenters. The van der Waals surface area contributed by atoms with Gasteiger partial charge in [0, 0.05) is 24.0 Å². The third-order valence-corrected chi connectivity index (χ3v) is 4.77. The number of sulfonamides is 1. The minimum Gasteiger partial charge on any atom is -0.356 e. The molecule has 0 bridgehead atoms. The number of carbonyl (C=O) groups is 1. The van der Waals surface area contributed by atoms with Crippen LogP contribution in [0.5, 0.6) is 0 Å². The molecule has 1 aliphatic rings.